The molecule has 1 aliphatic rings. The molecule has 0 aromatic heterocycles. The van der Waals surface area contributed by atoms with Gasteiger partial charge in [-0.15, -0.1) is 0 Å². The fourth-order valence-electron chi connectivity index (χ4n) is 1.32. The number of methoxy groups -OCH3 is 1. The van der Waals surface area contributed by atoms with Gasteiger partial charge in [0.05, 0.1) is 12.8 Å². The first-order valence-electron chi connectivity index (χ1n) is 4.58. The van der Waals surface area contributed by atoms with E-state index in [2.05, 4.69) is 5.32 Å². The number of nitrogens with one attached hydrogen (secondary N) is 1. The fraction of sp³-hybridized carbons (Fsp3) is 0.0909. The largest absolute Gasteiger partial charge is 0.497 e. The molecule has 0 atom stereocenters. The van der Waals surface area contributed by atoms with Crippen LogP contribution in [-0.4, -0.2) is 17.5 Å². The lowest BCUT2D eigenvalue weighted by Crippen LogP contribution is -2.10. The van der Waals surface area contributed by atoms with E-state index in [9.17, 15) is 9.59 Å². The van der Waals surface area contributed by atoms with E-state index in [0.717, 1.165) is 5.56 Å². The molecular weight excluding hydrogens is 226 g/mol. The van der Waals surface area contributed by atoms with Crippen LogP contribution in [0.1, 0.15) is 5.56 Å². The van der Waals surface area contributed by atoms with E-state index in [4.69, 9.17) is 4.74 Å². The minimum absolute atomic E-state index is 0.257. The zero-order valence-corrected chi connectivity index (χ0v) is 9.34. The Labute approximate surface area is 96.7 Å². The molecule has 0 spiro atoms. The summed E-state index contributed by atoms with van der Waals surface area (Å²) in [4.78, 5) is 22.3. The van der Waals surface area contributed by atoms with Gasteiger partial charge in [0, 0.05) is 11.8 Å². The third kappa shape index (κ3) is 2.25. The molecule has 1 heterocycles. The maximum atomic E-state index is 11.3. The molecule has 1 amide bonds. The van der Waals surface area contributed by atoms with E-state index in [1.54, 1.807) is 19.3 Å². The summed E-state index contributed by atoms with van der Waals surface area (Å²) in [6, 6.07) is 7.25. The van der Waals surface area contributed by atoms with Gasteiger partial charge in [0.1, 0.15) is 5.75 Å². The van der Waals surface area contributed by atoms with Crippen molar-refractivity contribution in [3.63, 3.8) is 0 Å². The summed E-state index contributed by atoms with van der Waals surface area (Å²) in [6.45, 7) is 0. The van der Waals surface area contributed by atoms with Crippen LogP contribution in [0, 0.1) is 0 Å². The Morgan fingerprint density at radius 2 is 2.19 bits per heavy atom. The summed E-state index contributed by atoms with van der Waals surface area (Å²) in [5, 5.41) is 1.89. The molecule has 0 bridgehead atoms. The predicted octanol–water partition coefficient (Wildman–Crippen LogP) is 2.02. The first-order chi connectivity index (χ1) is 7.69. The zero-order chi connectivity index (χ0) is 11.5. The molecule has 82 valence electrons. The molecule has 0 radical (unpaired) electrons. The Kier molecular flexibility index (Phi) is 2.96. The molecule has 2 rings (SSSR count). The number of ether oxygens (including phenoxy) is 1. The number of rotatable bonds is 2. The highest BCUT2D eigenvalue weighted by Gasteiger charge is 2.25. The first kappa shape index (κ1) is 10.8. The van der Waals surface area contributed by atoms with E-state index >= 15 is 0 Å². The Morgan fingerprint density at radius 1 is 1.38 bits per heavy atom. The van der Waals surface area contributed by atoms with Gasteiger partial charge in [-0.25, -0.2) is 0 Å². The van der Waals surface area contributed by atoms with Crippen molar-refractivity contribution in [1.82, 2.24) is 5.32 Å². The molecule has 1 saturated heterocycles. The normalized spacial score (nSPS) is 17.7. The Morgan fingerprint density at radius 3 is 2.81 bits per heavy atom. The van der Waals surface area contributed by atoms with Crippen LogP contribution in [0.2, 0.25) is 0 Å². The minimum Gasteiger partial charge on any atom is -0.497 e. The number of benzene rings is 1. The zero-order valence-electron chi connectivity index (χ0n) is 8.52. The molecular formula is C11H9NO3S. The van der Waals surface area contributed by atoms with Gasteiger partial charge in [-0.05, 0) is 23.8 Å². The van der Waals surface area contributed by atoms with Crippen LogP contribution in [0.5, 0.6) is 5.75 Å². The average Bonchev–Trinajstić information content (AvgIpc) is 2.58. The molecule has 5 heteroatoms. The van der Waals surface area contributed by atoms with Crippen molar-refractivity contribution in [2.75, 3.05) is 7.11 Å². The van der Waals surface area contributed by atoms with Gasteiger partial charge >= 0.3 is 0 Å². The van der Waals surface area contributed by atoms with Crippen molar-refractivity contribution in [3.8, 4) is 5.75 Å². The molecule has 1 aromatic carbocycles. The smallest absolute Gasteiger partial charge is 0.291 e. The van der Waals surface area contributed by atoms with E-state index in [0.29, 0.717) is 23.2 Å². The maximum Gasteiger partial charge on any atom is 0.291 e. The third-order valence-electron chi connectivity index (χ3n) is 2.05. The fourth-order valence-corrected chi connectivity index (χ4v) is 1.87. The van der Waals surface area contributed by atoms with Crippen molar-refractivity contribution in [2.24, 2.45) is 0 Å². The van der Waals surface area contributed by atoms with E-state index in [1.165, 1.54) is 0 Å². The van der Waals surface area contributed by atoms with Crippen molar-refractivity contribution in [2.45, 2.75) is 0 Å². The topological polar surface area (TPSA) is 55.4 Å². The van der Waals surface area contributed by atoms with Crippen molar-refractivity contribution in [1.29, 1.82) is 0 Å². The second kappa shape index (κ2) is 4.40. The SMILES string of the molecule is COc1cccc(C=C2NC(=O)SC2=O)c1. The quantitative estimate of drug-likeness (QED) is 0.797. The van der Waals surface area contributed by atoms with Crippen LogP contribution >= 0.6 is 11.8 Å². The van der Waals surface area contributed by atoms with Crippen molar-refractivity contribution < 1.29 is 14.3 Å². The number of amides is 1. The van der Waals surface area contributed by atoms with E-state index in [1.807, 2.05) is 18.2 Å². The molecule has 0 unspecified atom stereocenters. The van der Waals surface area contributed by atoms with Crippen LogP contribution in [0.15, 0.2) is 30.0 Å². The molecule has 0 saturated carbocycles. The van der Waals surface area contributed by atoms with Crippen molar-refractivity contribution in [3.05, 3.63) is 35.5 Å². The van der Waals surface area contributed by atoms with Gasteiger partial charge in [-0.2, -0.15) is 0 Å². The summed E-state index contributed by atoms with van der Waals surface area (Å²) in [6.07, 6.45) is 1.63. The number of thioether (sulfide) groups is 1. The molecule has 16 heavy (non-hydrogen) atoms. The number of hydrogen-bond acceptors (Lipinski definition) is 4. The van der Waals surface area contributed by atoms with Crippen LogP contribution in [-0.2, 0) is 4.79 Å². The Balaban J connectivity index is 2.28. The third-order valence-corrected chi connectivity index (χ3v) is 2.74. The predicted molar refractivity (Wildman–Crippen MR) is 62.1 cm³/mol. The summed E-state index contributed by atoms with van der Waals surface area (Å²) < 4.78 is 5.06. The number of carbonyl (C=O) groups is 2. The molecule has 1 aliphatic heterocycles. The van der Waals surface area contributed by atoms with Crippen LogP contribution < -0.4 is 10.1 Å². The van der Waals surface area contributed by atoms with Gasteiger partial charge in [-0.3, -0.25) is 9.59 Å². The first-order valence-corrected chi connectivity index (χ1v) is 5.39. The maximum absolute atomic E-state index is 11.3. The van der Waals surface area contributed by atoms with Crippen molar-refractivity contribution >= 4 is 28.2 Å². The average molecular weight is 235 g/mol. The molecule has 1 N–H and O–H groups in total. The standard InChI is InChI=1S/C11H9NO3S/c1-15-8-4-2-3-7(5-8)6-9-10(13)16-11(14)12-9/h2-6H,1H3,(H,12,14). The van der Waals surface area contributed by atoms with Gasteiger partial charge < -0.3 is 10.1 Å². The second-order valence-corrected chi connectivity index (χ2v) is 4.08. The summed E-state index contributed by atoms with van der Waals surface area (Å²) >= 11 is 0.669. The minimum atomic E-state index is -0.334. The van der Waals surface area contributed by atoms with Gasteiger partial charge in [0.15, 0.2) is 0 Å². The van der Waals surface area contributed by atoms with Gasteiger partial charge in [-0.1, -0.05) is 12.1 Å². The lowest BCUT2D eigenvalue weighted by atomic mass is 10.2. The molecule has 4 nitrogen and oxygen atoms in total. The highest BCUT2D eigenvalue weighted by molar-refractivity contribution is 8.27. The summed E-state index contributed by atoms with van der Waals surface area (Å²) in [5.74, 6) is 0.707. The van der Waals surface area contributed by atoms with Crippen LogP contribution in [0.4, 0.5) is 4.79 Å². The van der Waals surface area contributed by atoms with Crippen LogP contribution in [0.3, 0.4) is 0 Å². The molecule has 1 aromatic rings. The molecule has 1 fully saturated rings. The monoisotopic (exact) mass is 235 g/mol. The van der Waals surface area contributed by atoms with Crippen LogP contribution in [0.25, 0.3) is 6.08 Å². The van der Waals surface area contributed by atoms with E-state index in [-0.39, 0.29) is 10.4 Å². The van der Waals surface area contributed by atoms with E-state index < -0.39 is 0 Å². The highest BCUT2D eigenvalue weighted by atomic mass is 32.2. The number of hydrogen-bond donors (Lipinski definition) is 1. The number of carbonyl (C=O) groups excluding carboxylic acids is 2. The van der Waals surface area contributed by atoms with Gasteiger partial charge in [0.2, 0.25) is 5.12 Å². The lowest BCUT2D eigenvalue weighted by Gasteiger charge is -2.01. The highest BCUT2D eigenvalue weighted by Crippen LogP contribution is 2.22. The Bertz CT molecular complexity index is 482. The Hall–Kier alpha value is -1.75. The summed E-state index contributed by atoms with van der Waals surface area (Å²) in [5.41, 5.74) is 1.12. The molecule has 0 aliphatic carbocycles. The second-order valence-electron chi connectivity index (χ2n) is 3.14. The summed E-state index contributed by atoms with van der Waals surface area (Å²) in [7, 11) is 1.57. The van der Waals surface area contributed by atoms with Gasteiger partial charge in [0.25, 0.3) is 5.24 Å². The lowest BCUT2D eigenvalue weighted by molar-refractivity contribution is -0.107.